The van der Waals surface area contributed by atoms with E-state index < -0.39 is 0 Å². The van der Waals surface area contributed by atoms with Gasteiger partial charge in [0.15, 0.2) is 11.5 Å². The van der Waals surface area contributed by atoms with E-state index in [2.05, 4.69) is 15.6 Å². The van der Waals surface area contributed by atoms with Crippen molar-refractivity contribution in [1.82, 2.24) is 5.32 Å². The third-order valence-electron chi connectivity index (χ3n) is 4.62. The fourth-order valence-electron chi connectivity index (χ4n) is 3.13. The van der Waals surface area contributed by atoms with Crippen LogP contribution in [0.1, 0.15) is 23.2 Å². The van der Waals surface area contributed by atoms with Crippen LogP contribution in [0, 0.1) is 0 Å². The second-order valence-electron chi connectivity index (χ2n) is 6.77. The van der Waals surface area contributed by atoms with Crippen LogP contribution in [-0.2, 0) is 4.74 Å². The third-order valence-corrected chi connectivity index (χ3v) is 4.87. The number of aliphatic imine (C=N–C) groups is 1. The van der Waals surface area contributed by atoms with E-state index in [0.29, 0.717) is 47.8 Å². The van der Waals surface area contributed by atoms with E-state index in [4.69, 9.17) is 25.8 Å². The molecule has 0 radical (unpaired) electrons. The lowest BCUT2D eigenvalue weighted by molar-refractivity contribution is 0.0975. The largest absolute Gasteiger partial charge is 0.486 e. The zero-order chi connectivity index (χ0) is 20.1. The molecule has 2 aromatic rings. The number of halogens is 1. The van der Waals surface area contributed by atoms with E-state index in [1.165, 1.54) is 0 Å². The van der Waals surface area contributed by atoms with Gasteiger partial charge in [-0.25, -0.2) is 4.99 Å². The maximum Gasteiger partial charge on any atom is 0.257 e. The van der Waals surface area contributed by atoms with Gasteiger partial charge >= 0.3 is 0 Å². The van der Waals surface area contributed by atoms with Crippen molar-refractivity contribution in [3.8, 4) is 11.5 Å². The Balaban J connectivity index is 1.50. The number of nitrogens with one attached hydrogen (secondary N) is 2. The first-order valence-electron chi connectivity index (χ1n) is 9.57. The van der Waals surface area contributed by atoms with Crippen LogP contribution in [0.15, 0.2) is 47.5 Å². The molecular formula is C21H22ClN3O4. The Hall–Kier alpha value is -2.77. The smallest absolute Gasteiger partial charge is 0.257 e. The minimum Gasteiger partial charge on any atom is -0.486 e. The third kappa shape index (κ3) is 5.19. The van der Waals surface area contributed by atoms with E-state index in [1.54, 1.807) is 24.3 Å². The van der Waals surface area contributed by atoms with E-state index in [0.717, 1.165) is 25.1 Å². The number of guanidine groups is 1. The van der Waals surface area contributed by atoms with Crippen molar-refractivity contribution in [2.75, 3.05) is 31.7 Å². The average Bonchev–Trinajstić information content (AvgIpc) is 3.26. The Morgan fingerprint density at radius 1 is 1.07 bits per heavy atom. The fraction of sp³-hybridized carbons (Fsp3) is 0.333. The summed E-state index contributed by atoms with van der Waals surface area (Å²) in [7, 11) is 0. The van der Waals surface area contributed by atoms with Gasteiger partial charge in [0, 0.05) is 28.9 Å². The number of anilines is 1. The van der Waals surface area contributed by atoms with Gasteiger partial charge in [-0.2, -0.15) is 0 Å². The normalized spacial score (nSPS) is 18.4. The molecule has 0 bridgehead atoms. The van der Waals surface area contributed by atoms with Crippen molar-refractivity contribution in [3.63, 3.8) is 0 Å². The maximum absolute atomic E-state index is 12.6. The molecule has 0 aliphatic carbocycles. The van der Waals surface area contributed by atoms with Crippen LogP contribution >= 0.6 is 11.6 Å². The van der Waals surface area contributed by atoms with Crippen molar-refractivity contribution in [2.24, 2.45) is 4.99 Å². The predicted molar refractivity (Wildman–Crippen MR) is 111 cm³/mol. The highest BCUT2D eigenvalue weighted by molar-refractivity contribution is 6.30. The van der Waals surface area contributed by atoms with E-state index in [-0.39, 0.29) is 12.0 Å². The summed E-state index contributed by atoms with van der Waals surface area (Å²) < 4.78 is 16.8. The van der Waals surface area contributed by atoms with Crippen molar-refractivity contribution >= 4 is 29.2 Å². The first-order chi connectivity index (χ1) is 14.2. The minimum absolute atomic E-state index is 0.0690. The first kappa shape index (κ1) is 19.5. The number of hydrogen-bond acceptors (Lipinski definition) is 5. The minimum atomic E-state index is -0.280. The van der Waals surface area contributed by atoms with Crippen molar-refractivity contribution in [3.05, 3.63) is 53.1 Å². The molecule has 1 saturated heterocycles. The average molecular weight is 416 g/mol. The molecule has 2 aliphatic heterocycles. The number of carbonyl (C=O) groups excluding carboxylic acids is 1. The molecule has 1 atom stereocenters. The van der Waals surface area contributed by atoms with Gasteiger partial charge in [0.05, 0.1) is 12.6 Å². The number of rotatable bonds is 4. The van der Waals surface area contributed by atoms with Crippen LogP contribution in [0.25, 0.3) is 0 Å². The van der Waals surface area contributed by atoms with Crippen LogP contribution in [0.2, 0.25) is 5.02 Å². The number of carbonyl (C=O) groups is 1. The number of amides is 1. The first-order valence-corrected chi connectivity index (χ1v) is 9.95. The van der Waals surface area contributed by atoms with E-state index >= 15 is 0 Å². The van der Waals surface area contributed by atoms with Gasteiger partial charge in [-0.1, -0.05) is 11.6 Å². The predicted octanol–water partition coefficient (Wildman–Crippen LogP) is 3.49. The second kappa shape index (κ2) is 9.15. The molecule has 2 N–H and O–H groups in total. The molecule has 0 unspecified atom stereocenters. The van der Waals surface area contributed by atoms with E-state index in [1.807, 2.05) is 18.2 Å². The number of fused-ring (bicyclic) bond motifs is 1. The number of nitrogens with zero attached hydrogens (tertiary/aromatic N) is 1. The summed E-state index contributed by atoms with van der Waals surface area (Å²) in [6.45, 7) is 2.25. The standard InChI is InChI=1S/C21H22ClN3O4/c22-15-5-3-14(4-6-15)20(26)25-21(23-13-17-2-1-9-27-17)24-16-7-8-18-19(12-16)29-11-10-28-18/h3-8,12,17H,1-2,9-11,13H2,(H2,23,24,25,26)/t17-/m1/s1. The van der Waals surface area contributed by atoms with Gasteiger partial charge < -0.3 is 19.5 Å². The molecule has 7 nitrogen and oxygen atoms in total. The molecule has 4 rings (SSSR count). The molecule has 0 spiro atoms. The van der Waals surface area contributed by atoms with Crippen LogP contribution in [0.3, 0.4) is 0 Å². The highest BCUT2D eigenvalue weighted by Crippen LogP contribution is 2.32. The summed E-state index contributed by atoms with van der Waals surface area (Å²) in [6, 6.07) is 12.2. The molecule has 29 heavy (non-hydrogen) atoms. The van der Waals surface area contributed by atoms with Gasteiger partial charge in [0.25, 0.3) is 5.91 Å². The van der Waals surface area contributed by atoms with Gasteiger partial charge in [-0.3, -0.25) is 10.1 Å². The Bertz CT molecular complexity index is 895. The van der Waals surface area contributed by atoms with E-state index in [9.17, 15) is 4.79 Å². The molecule has 1 amide bonds. The van der Waals surface area contributed by atoms with Crippen molar-refractivity contribution in [2.45, 2.75) is 18.9 Å². The van der Waals surface area contributed by atoms with Crippen LogP contribution in [0.4, 0.5) is 5.69 Å². The fourth-order valence-corrected chi connectivity index (χ4v) is 3.26. The highest BCUT2D eigenvalue weighted by atomic mass is 35.5. The number of ether oxygens (including phenoxy) is 3. The van der Waals surface area contributed by atoms with Gasteiger partial charge in [0.1, 0.15) is 13.2 Å². The van der Waals surface area contributed by atoms with Crippen molar-refractivity contribution in [1.29, 1.82) is 0 Å². The Labute approximate surface area is 174 Å². The molecule has 2 aromatic carbocycles. The lowest BCUT2D eigenvalue weighted by Gasteiger charge is -2.19. The van der Waals surface area contributed by atoms with Crippen LogP contribution < -0.4 is 20.1 Å². The Kier molecular flexibility index (Phi) is 6.17. The molecule has 8 heteroatoms. The van der Waals surface area contributed by atoms with Crippen LogP contribution in [0.5, 0.6) is 11.5 Å². The summed E-state index contributed by atoms with van der Waals surface area (Å²) in [5.41, 5.74) is 1.22. The number of benzene rings is 2. The second-order valence-corrected chi connectivity index (χ2v) is 7.21. The molecule has 152 valence electrons. The maximum atomic E-state index is 12.6. The molecule has 2 aliphatic rings. The summed E-state index contributed by atoms with van der Waals surface area (Å²) in [5.74, 6) is 1.42. The lowest BCUT2D eigenvalue weighted by Crippen LogP contribution is -2.36. The van der Waals surface area contributed by atoms with Crippen molar-refractivity contribution < 1.29 is 19.0 Å². The molecule has 1 fully saturated rings. The quantitative estimate of drug-likeness (QED) is 0.590. The molecule has 2 heterocycles. The molecule has 0 saturated carbocycles. The Morgan fingerprint density at radius 3 is 2.62 bits per heavy atom. The zero-order valence-electron chi connectivity index (χ0n) is 15.8. The summed E-state index contributed by atoms with van der Waals surface area (Å²) >= 11 is 5.91. The highest BCUT2D eigenvalue weighted by Gasteiger charge is 2.17. The molecule has 0 aromatic heterocycles. The summed E-state index contributed by atoms with van der Waals surface area (Å²) in [4.78, 5) is 17.2. The molecular weight excluding hydrogens is 394 g/mol. The summed E-state index contributed by atoms with van der Waals surface area (Å²) in [6.07, 6.45) is 2.06. The Morgan fingerprint density at radius 2 is 1.86 bits per heavy atom. The van der Waals surface area contributed by atoms with Gasteiger partial charge in [-0.15, -0.1) is 0 Å². The van der Waals surface area contributed by atoms with Gasteiger partial charge in [0.2, 0.25) is 5.96 Å². The SMILES string of the molecule is O=C(NC(=NC[C@H]1CCCO1)Nc1ccc2c(c1)OCCO2)c1ccc(Cl)cc1. The van der Waals surface area contributed by atoms with Crippen LogP contribution in [-0.4, -0.2) is 44.3 Å². The zero-order valence-corrected chi connectivity index (χ0v) is 16.6. The number of hydrogen-bond donors (Lipinski definition) is 2. The lowest BCUT2D eigenvalue weighted by atomic mass is 10.2. The topological polar surface area (TPSA) is 81.2 Å². The summed E-state index contributed by atoms with van der Waals surface area (Å²) in [5, 5.41) is 6.57. The van der Waals surface area contributed by atoms with Gasteiger partial charge in [-0.05, 0) is 49.2 Å². The monoisotopic (exact) mass is 415 g/mol.